The highest BCUT2D eigenvalue weighted by molar-refractivity contribution is 7.89. The molecule has 0 fully saturated rings. The third kappa shape index (κ3) is 3.56. The minimum atomic E-state index is -4.19. The Labute approximate surface area is 121 Å². The number of hydrogen-bond donors (Lipinski definition) is 2. The van der Waals surface area contributed by atoms with E-state index in [-0.39, 0.29) is 12.2 Å². The second-order valence-electron chi connectivity index (χ2n) is 4.63. The lowest BCUT2D eigenvalue weighted by atomic mass is 10.1. The van der Waals surface area contributed by atoms with Gasteiger partial charge in [-0.2, -0.15) is 0 Å². The third-order valence-corrected chi connectivity index (χ3v) is 4.26. The van der Waals surface area contributed by atoms with Crippen molar-refractivity contribution in [3.8, 4) is 0 Å². The van der Waals surface area contributed by atoms with Crippen molar-refractivity contribution in [3.63, 3.8) is 0 Å². The van der Waals surface area contributed by atoms with E-state index in [2.05, 4.69) is 4.72 Å². The Morgan fingerprint density at radius 1 is 1.19 bits per heavy atom. The van der Waals surface area contributed by atoms with Gasteiger partial charge in [-0.25, -0.2) is 21.9 Å². The highest BCUT2D eigenvalue weighted by Crippen LogP contribution is 2.21. The number of rotatable bonds is 4. The van der Waals surface area contributed by atoms with Gasteiger partial charge in [0.2, 0.25) is 10.0 Å². The molecule has 2 aromatic rings. The van der Waals surface area contributed by atoms with Gasteiger partial charge in [0.1, 0.15) is 4.90 Å². The summed E-state index contributed by atoms with van der Waals surface area (Å²) in [5.41, 5.74) is 6.87. The molecule has 0 saturated carbocycles. The second kappa shape index (κ2) is 5.79. The molecule has 0 aliphatic rings. The first-order valence-electron chi connectivity index (χ1n) is 6.09. The summed E-state index contributed by atoms with van der Waals surface area (Å²) in [6.07, 6.45) is 0. The van der Waals surface area contributed by atoms with Crippen molar-refractivity contribution in [2.75, 3.05) is 5.73 Å². The van der Waals surface area contributed by atoms with Crippen molar-refractivity contribution in [3.05, 3.63) is 59.2 Å². The molecule has 21 heavy (non-hydrogen) atoms. The number of aryl methyl sites for hydroxylation is 1. The maximum atomic E-state index is 13.6. The average molecular weight is 312 g/mol. The summed E-state index contributed by atoms with van der Waals surface area (Å²) >= 11 is 0. The molecule has 0 aliphatic heterocycles. The number of anilines is 1. The van der Waals surface area contributed by atoms with Gasteiger partial charge in [0.25, 0.3) is 0 Å². The Kier molecular flexibility index (Phi) is 4.24. The Bertz CT molecular complexity index is 777. The smallest absolute Gasteiger partial charge is 0.243 e. The van der Waals surface area contributed by atoms with Crippen LogP contribution in [0.2, 0.25) is 0 Å². The van der Waals surface area contributed by atoms with Gasteiger partial charge in [-0.3, -0.25) is 0 Å². The third-order valence-electron chi connectivity index (χ3n) is 2.86. The van der Waals surface area contributed by atoms with Crippen LogP contribution in [-0.4, -0.2) is 8.42 Å². The molecule has 3 N–H and O–H groups in total. The maximum Gasteiger partial charge on any atom is 0.243 e. The van der Waals surface area contributed by atoms with Gasteiger partial charge < -0.3 is 5.73 Å². The lowest BCUT2D eigenvalue weighted by molar-refractivity contribution is 0.484. The molecule has 0 bridgehead atoms. The van der Waals surface area contributed by atoms with Crippen molar-refractivity contribution in [2.24, 2.45) is 0 Å². The van der Waals surface area contributed by atoms with E-state index in [1.165, 1.54) is 0 Å². The number of benzene rings is 2. The molecule has 0 heterocycles. The number of hydrogen-bond acceptors (Lipinski definition) is 3. The molecule has 0 atom stereocenters. The molecule has 4 nitrogen and oxygen atoms in total. The zero-order valence-electron chi connectivity index (χ0n) is 11.2. The minimum absolute atomic E-state index is 0.0279. The van der Waals surface area contributed by atoms with Crippen LogP contribution < -0.4 is 10.5 Å². The molecule has 0 unspecified atom stereocenters. The first-order valence-corrected chi connectivity index (χ1v) is 7.57. The van der Waals surface area contributed by atoms with Crippen molar-refractivity contribution in [2.45, 2.75) is 18.4 Å². The lowest BCUT2D eigenvalue weighted by Crippen LogP contribution is -2.24. The standard InChI is InChI=1S/C14H14F2N2O2S/c1-9-3-2-4-10(5-9)8-18-21(19,20)13-7-11(17)6-12(15)14(13)16/h2-7,18H,8,17H2,1H3. The molecule has 0 radical (unpaired) electrons. The molecule has 0 aromatic heterocycles. The van der Waals surface area contributed by atoms with Crippen LogP contribution in [0.4, 0.5) is 14.5 Å². The van der Waals surface area contributed by atoms with Crippen molar-refractivity contribution < 1.29 is 17.2 Å². The number of sulfonamides is 1. The van der Waals surface area contributed by atoms with Crippen LogP contribution >= 0.6 is 0 Å². The molecular weight excluding hydrogens is 298 g/mol. The maximum absolute atomic E-state index is 13.6. The van der Waals surface area contributed by atoms with Crippen molar-refractivity contribution in [1.29, 1.82) is 0 Å². The molecule has 0 saturated heterocycles. The summed E-state index contributed by atoms with van der Waals surface area (Å²) in [4.78, 5) is -0.798. The molecule has 0 aliphatic carbocycles. The quantitative estimate of drug-likeness (QED) is 0.851. The van der Waals surface area contributed by atoms with Gasteiger partial charge in [-0.15, -0.1) is 0 Å². The summed E-state index contributed by atoms with van der Waals surface area (Å²) in [6, 6.07) is 8.78. The SMILES string of the molecule is Cc1cccc(CNS(=O)(=O)c2cc(N)cc(F)c2F)c1. The zero-order chi connectivity index (χ0) is 15.6. The molecule has 112 valence electrons. The molecule has 0 spiro atoms. The molecule has 0 amide bonds. The van der Waals surface area contributed by atoms with E-state index < -0.39 is 26.6 Å². The van der Waals surface area contributed by atoms with Crippen LogP contribution in [-0.2, 0) is 16.6 Å². The Morgan fingerprint density at radius 3 is 2.57 bits per heavy atom. The first kappa shape index (κ1) is 15.4. The normalized spacial score (nSPS) is 11.6. The van der Waals surface area contributed by atoms with E-state index >= 15 is 0 Å². The van der Waals surface area contributed by atoms with Gasteiger partial charge in [0.15, 0.2) is 11.6 Å². The van der Waals surface area contributed by atoms with Gasteiger partial charge in [0.05, 0.1) is 0 Å². The fraction of sp³-hybridized carbons (Fsp3) is 0.143. The zero-order valence-corrected chi connectivity index (χ0v) is 12.0. The average Bonchev–Trinajstić information content (AvgIpc) is 2.41. The van der Waals surface area contributed by atoms with Gasteiger partial charge in [-0.1, -0.05) is 29.8 Å². The monoisotopic (exact) mass is 312 g/mol. The predicted octanol–water partition coefficient (Wildman–Crippen LogP) is 2.33. The Hall–Kier alpha value is -1.99. The second-order valence-corrected chi connectivity index (χ2v) is 6.36. The van der Waals surface area contributed by atoms with Crippen LogP contribution in [0.25, 0.3) is 0 Å². The minimum Gasteiger partial charge on any atom is -0.399 e. The van der Waals surface area contributed by atoms with E-state index in [0.29, 0.717) is 5.56 Å². The van der Waals surface area contributed by atoms with E-state index in [1.54, 1.807) is 18.2 Å². The van der Waals surface area contributed by atoms with E-state index in [9.17, 15) is 17.2 Å². The number of nitrogens with one attached hydrogen (secondary N) is 1. The Morgan fingerprint density at radius 2 is 1.90 bits per heavy atom. The highest BCUT2D eigenvalue weighted by Gasteiger charge is 2.22. The summed E-state index contributed by atoms with van der Waals surface area (Å²) in [5, 5.41) is 0. The topological polar surface area (TPSA) is 72.2 Å². The molecule has 2 rings (SSSR count). The predicted molar refractivity (Wildman–Crippen MR) is 76.0 cm³/mol. The summed E-state index contributed by atoms with van der Waals surface area (Å²) < 4.78 is 53.2. The summed E-state index contributed by atoms with van der Waals surface area (Å²) in [5.74, 6) is -2.74. The largest absolute Gasteiger partial charge is 0.399 e. The Balaban J connectivity index is 2.27. The van der Waals surface area contributed by atoms with Gasteiger partial charge in [-0.05, 0) is 24.6 Å². The van der Waals surface area contributed by atoms with Crippen LogP contribution in [0.1, 0.15) is 11.1 Å². The number of nitrogens with two attached hydrogens (primary N) is 1. The van der Waals surface area contributed by atoms with E-state index in [0.717, 1.165) is 17.7 Å². The number of nitrogen functional groups attached to an aromatic ring is 1. The van der Waals surface area contributed by atoms with Crippen LogP contribution in [0.15, 0.2) is 41.3 Å². The fourth-order valence-electron chi connectivity index (χ4n) is 1.86. The van der Waals surface area contributed by atoms with Gasteiger partial charge >= 0.3 is 0 Å². The van der Waals surface area contributed by atoms with E-state index in [1.807, 2.05) is 13.0 Å². The number of halogens is 2. The van der Waals surface area contributed by atoms with E-state index in [4.69, 9.17) is 5.73 Å². The fourth-order valence-corrected chi connectivity index (χ4v) is 2.99. The van der Waals surface area contributed by atoms with Crippen molar-refractivity contribution in [1.82, 2.24) is 4.72 Å². The van der Waals surface area contributed by atoms with Crippen LogP contribution in [0, 0.1) is 18.6 Å². The molecule has 2 aromatic carbocycles. The van der Waals surface area contributed by atoms with Crippen LogP contribution in [0.5, 0.6) is 0 Å². The first-order chi connectivity index (χ1) is 9.79. The highest BCUT2D eigenvalue weighted by atomic mass is 32.2. The molecular formula is C14H14F2N2O2S. The van der Waals surface area contributed by atoms with Crippen LogP contribution in [0.3, 0.4) is 0 Å². The van der Waals surface area contributed by atoms with Crippen molar-refractivity contribution >= 4 is 15.7 Å². The molecule has 7 heteroatoms. The summed E-state index contributed by atoms with van der Waals surface area (Å²) in [6.45, 7) is 1.84. The summed E-state index contributed by atoms with van der Waals surface area (Å²) in [7, 11) is -4.19. The van der Waals surface area contributed by atoms with Gasteiger partial charge in [0, 0.05) is 12.2 Å². The lowest BCUT2D eigenvalue weighted by Gasteiger charge is -2.09.